The molecule has 0 unspecified atom stereocenters. The van der Waals surface area contributed by atoms with Gasteiger partial charge < -0.3 is 4.57 Å². The molecule has 2 heterocycles. The molecule has 0 atom stereocenters. The quantitative estimate of drug-likeness (QED) is 0.394. The lowest BCUT2D eigenvalue weighted by Crippen LogP contribution is -1.89. The van der Waals surface area contributed by atoms with Crippen molar-refractivity contribution < 1.29 is 0 Å². The van der Waals surface area contributed by atoms with Crippen molar-refractivity contribution in [3.8, 4) is 22.3 Å². The Morgan fingerprint density at radius 1 is 0.840 bits per heavy atom. The zero-order chi connectivity index (χ0) is 17.4. The molecule has 0 N–H and O–H groups in total. The van der Waals surface area contributed by atoms with E-state index in [1.54, 1.807) is 0 Å². The number of hydrogen-bond acceptors (Lipinski definition) is 1. The van der Waals surface area contributed by atoms with E-state index in [1.807, 2.05) is 48.8 Å². The number of hydrogen-bond donors (Lipinski definition) is 0. The van der Waals surface area contributed by atoms with Crippen molar-refractivity contribution in [2.24, 2.45) is 0 Å². The minimum Gasteiger partial charge on any atom is -0.347 e. The van der Waals surface area contributed by atoms with E-state index in [0.717, 1.165) is 44.2 Å². The van der Waals surface area contributed by atoms with Gasteiger partial charge in [0.15, 0.2) is 0 Å². The Morgan fingerprint density at radius 3 is 2.32 bits per heavy atom. The van der Waals surface area contributed by atoms with Crippen LogP contribution < -0.4 is 0 Å². The minimum absolute atomic E-state index is 0.730. The van der Waals surface area contributed by atoms with Crippen molar-refractivity contribution in [2.75, 3.05) is 0 Å². The van der Waals surface area contributed by atoms with Gasteiger partial charge in [0, 0.05) is 62.8 Å². The number of halogens is 2. The van der Waals surface area contributed by atoms with Crippen LogP contribution in [0.25, 0.3) is 33.2 Å². The van der Waals surface area contributed by atoms with Gasteiger partial charge in [-0.1, -0.05) is 35.3 Å². The zero-order valence-electron chi connectivity index (χ0n) is 13.7. The number of pyridine rings is 1. The lowest BCUT2D eigenvalue weighted by atomic mass is 10.0. The zero-order valence-corrected chi connectivity index (χ0v) is 15.2. The smallest absolute Gasteiger partial charge is 0.0487 e. The highest BCUT2D eigenvalue weighted by Gasteiger charge is 2.11. The molecule has 25 heavy (non-hydrogen) atoms. The Hall–Kier alpha value is -2.29. The second-order valence-corrected chi connectivity index (χ2v) is 6.83. The first-order chi connectivity index (χ1) is 12.2. The lowest BCUT2D eigenvalue weighted by molar-refractivity contribution is 0.798. The molecule has 124 valence electrons. The number of aryl methyl sites for hydroxylation is 1. The van der Waals surface area contributed by atoms with E-state index < -0.39 is 0 Å². The van der Waals surface area contributed by atoms with Crippen LogP contribution in [0.1, 0.15) is 6.92 Å². The summed E-state index contributed by atoms with van der Waals surface area (Å²) in [5.41, 5.74) is 5.55. The predicted octanol–water partition coefficient (Wildman–Crippen LogP) is 6.70. The predicted molar refractivity (Wildman–Crippen MR) is 106 cm³/mol. The molecule has 0 saturated carbocycles. The molecule has 2 aromatic heterocycles. The normalized spacial score (nSPS) is 11.2. The fraction of sp³-hybridized carbons (Fsp3) is 0.0952. The van der Waals surface area contributed by atoms with Crippen molar-refractivity contribution >= 4 is 34.1 Å². The van der Waals surface area contributed by atoms with Gasteiger partial charge in [0.25, 0.3) is 0 Å². The summed E-state index contributed by atoms with van der Waals surface area (Å²) in [6.07, 6.45) is 5.94. The molecule has 0 aliphatic heterocycles. The van der Waals surface area contributed by atoms with Gasteiger partial charge in [0.05, 0.1) is 0 Å². The monoisotopic (exact) mass is 366 g/mol. The first kappa shape index (κ1) is 16.2. The molecule has 0 radical (unpaired) electrons. The number of aromatic nitrogens is 2. The summed E-state index contributed by atoms with van der Waals surface area (Å²) in [6, 6.07) is 16.0. The van der Waals surface area contributed by atoms with Crippen molar-refractivity contribution in [2.45, 2.75) is 13.5 Å². The standard InChI is InChI=1S/C21H16Cl2N2/c1-2-25-13-20(19-10-18(23)7-8-21(19)25)16-9-15(11-24-12-16)14-3-5-17(22)6-4-14/h3-13H,2H2,1H3. The van der Waals surface area contributed by atoms with Gasteiger partial charge >= 0.3 is 0 Å². The van der Waals surface area contributed by atoms with Crippen LogP contribution in [0, 0.1) is 0 Å². The molecule has 0 spiro atoms. The van der Waals surface area contributed by atoms with E-state index in [1.165, 1.54) is 5.52 Å². The second-order valence-electron chi connectivity index (χ2n) is 5.96. The molecule has 4 heteroatoms. The largest absolute Gasteiger partial charge is 0.347 e. The summed E-state index contributed by atoms with van der Waals surface area (Å²) < 4.78 is 2.23. The summed E-state index contributed by atoms with van der Waals surface area (Å²) in [7, 11) is 0. The van der Waals surface area contributed by atoms with Crippen molar-refractivity contribution in [3.05, 3.63) is 77.2 Å². The summed E-state index contributed by atoms with van der Waals surface area (Å²) in [5, 5.41) is 2.61. The molecule has 0 aliphatic carbocycles. The third kappa shape index (κ3) is 3.04. The summed E-state index contributed by atoms with van der Waals surface area (Å²) >= 11 is 12.2. The van der Waals surface area contributed by atoms with E-state index in [0.29, 0.717) is 0 Å². The van der Waals surface area contributed by atoms with Crippen LogP contribution in [0.3, 0.4) is 0 Å². The lowest BCUT2D eigenvalue weighted by Gasteiger charge is -2.05. The molecule has 4 aromatic rings. The van der Waals surface area contributed by atoms with Crippen molar-refractivity contribution in [3.63, 3.8) is 0 Å². The maximum atomic E-state index is 6.24. The Morgan fingerprint density at radius 2 is 1.56 bits per heavy atom. The van der Waals surface area contributed by atoms with E-state index in [-0.39, 0.29) is 0 Å². The van der Waals surface area contributed by atoms with E-state index in [4.69, 9.17) is 23.2 Å². The van der Waals surface area contributed by atoms with Gasteiger partial charge in [-0.15, -0.1) is 0 Å². The minimum atomic E-state index is 0.730. The number of benzene rings is 2. The van der Waals surface area contributed by atoms with Gasteiger partial charge in [0.2, 0.25) is 0 Å². The molecule has 4 rings (SSSR count). The van der Waals surface area contributed by atoms with Gasteiger partial charge in [-0.05, 0) is 48.9 Å². The van der Waals surface area contributed by atoms with E-state index >= 15 is 0 Å². The van der Waals surface area contributed by atoms with E-state index in [9.17, 15) is 0 Å². The van der Waals surface area contributed by atoms with Gasteiger partial charge in [-0.3, -0.25) is 4.98 Å². The fourth-order valence-electron chi connectivity index (χ4n) is 3.15. The Balaban J connectivity index is 1.88. The summed E-state index contributed by atoms with van der Waals surface area (Å²) in [4.78, 5) is 4.45. The number of nitrogens with zero attached hydrogens (tertiary/aromatic N) is 2. The highest BCUT2D eigenvalue weighted by molar-refractivity contribution is 6.31. The van der Waals surface area contributed by atoms with Gasteiger partial charge in [0.1, 0.15) is 0 Å². The molecule has 0 aliphatic rings. The Labute approximate surface area is 156 Å². The number of rotatable bonds is 3. The topological polar surface area (TPSA) is 17.8 Å². The Bertz CT molecular complexity index is 1050. The first-order valence-electron chi connectivity index (χ1n) is 8.15. The molecule has 0 amide bonds. The summed E-state index contributed by atoms with van der Waals surface area (Å²) in [5.74, 6) is 0. The molecule has 2 aromatic carbocycles. The molecule has 0 bridgehead atoms. The van der Waals surface area contributed by atoms with Crippen molar-refractivity contribution in [1.82, 2.24) is 9.55 Å². The van der Waals surface area contributed by atoms with Crippen LogP contribution in [0.15, 0.2) is 67.1 Å². The van der Waals surface area contributed by atoms with Gasteiger partial charge in [-0.2, -0.15) is 0 Å². The van der Waals surface area contributed by atoms with Crippen LogP contribution in [0.2, 0.25) is 10.0 Å². The SMILES string of the molecule is CCn1cc(-c2cncc(-c3ccc(Cl)cc3)c2)c2cc(Cl)ccc21. The molecule has 0 fully saturated rings. The van der Waals surface area contributed by atoms with Crippen LogP contribution in [0.5, 0.6) is 0 Å². The number of fused-ring (bicyclic) bond motifs is 1. The Kier molecular flexibility index (Phi) is 4.24. The molecule has 2 nitrogen and oxygen atoms in total. The van der Waals surface area contributed by atoms with Crippen molar-refractivity contribution in [1.29, 1.82) is 0 Å². The van der Waals surface area contributed by atoms with Gasteiger partial charge in [-0.25, -0.2) is 0 Å². The highest BCUT2D eigenvalue weighted by atomic mass is 35.5. The van der Waals surface area contributed by atoms with E-state index in [2.05, 4.69) is 34.8 Å². The second kappa shape index (κ2) is 6.55. The maximum Gasteiger partial charge on any atom is 0.0487 e. The summed E-state index contributed by atoms with van der Waals surface area (Å²) in [6.45, 7) is 3.04. The maximum absolute atomic E-state index is 6.24. The van der Waals surface area contributed by atoms with Crippen LogP contribution in [0.4, 0.5) is 0 Å². The van der Waals surface area contributed by atoms with Crippen LogP contribution in [-0.4, -0.2) is 9.55 Å². The molecule has 0 saturated heterocycles. The third-order valence-electron chi connectivity index (χ3n) is 4.41. The molecular weight excluding hydrogens is 351 g/mol. The fourth-order valence-corrected chi connectivity index (χ4v) is 3.45. The first-order valence-corrected chi connectivity index (χ1v) is 8.91. The van der Waals surface area contributed by atoms with Crippen LogP contribution in [-0.2, 0) is 6.54 Å². The molecular formula is C21H16Cl2N2. The third-order valence-corrected chi connectivity index (χ3v) is 4.90. The average molecular weight is 367 g/mol. The highest BCUT2D eigenvalue weighted by Crippen LogP contribution is 2.34. The average Bonchev–Trinajstić information content (AvgIpc) is 3.00. The van der Waals surface area contributed by atoms with Crippen LogP contribution >= 0.6 is 23.2 Å².